The van der Waals surface area contributed by atoms with E-state index < -0.39 is 0 Å². The number of hydrogen-bond acceptors (Lipinski definition) is 4. The van der Waals surface area contributed by atoms with Crippen molar-refractivity contribution in [3.8, 4) is 16.2 Å². The molecule has 1 amide bonds. The molecule has 0 atom stereocenters. The lowest BCUT2D eigenvalue weighted by atomic mass is 10.1. The van der Waals surface area contributed by atoms with Crippen molar-refractivity contribution in [2.75, 3.05) is 13.2 Å². The number of rotatable bonds is 6. The van der Waals surface area contributed by atoms with Crippen molar-refractivity contribution in [1.29, 1.82) is 0 Å². The van der Waals surface area contributed by atoms with Gasteiger partial charge in [-0.05, 0) is 38.5 Å². The maximum atomic E-state index is 12.3. The molecule has 1 aromatic heterocycles. The van der Waals surface area contributed by atoms with Crippen molar-refractivity contribution < 1.29 is 14.3 Å². The Morgan fingerprint density at radius 3 is 3.04 bits per heavy atom. The minimum atomic E-state index is -0.0218. The van der Waals surface area contributed by atoms with E-state index in [1.54, 1.807) is 0 Å². The van der Waals surface area contributed by atoms with Crippen LogP contribution in [0.2, 0.25) is 0 Å². The number of nitrogens with one attached hydrogen (secondary N) is 1. The summed E-state index contributed by atoms with van der Waals surface area (Å²) in [5, 5.41) is 2.96. The maximum Gasteiger partial charge on any atom is 0.261 e. The van der Waals surface area contributed by atoms with E-state index in [0.717, 1.165) is 33.1 Å². The van der Waals surface area contributed by atoms with Crippen molar-refractivity contribution in [2.45, 2.75) is 33.0 Å². The fraction of sp³-hybridized carbons (Fsp3) is 0.389. The summed E-state index contributed by atoms with van der Waals surface area (Å²) >= 11 is 1.53. The summed E-state index contributed by atoms with van der Waals surface area (Å²) in [6.07, 6.45) is 1.05. The highest BCUT2D eigenvalue weighted by Gasteiger charge is 2.22. The Hall–Kier alpha value is -1.85. The van der Waals surface area contributed by atoms with Gasteiger partial charge in [-0.1, -0.05) is 12.1 Å². The average molecular weight is 331 g/mol. The lowest BCUT2D eigenvalue weighted by Gasteiger charge is -2.16. The molecule has 0 radical (unpaired) electrons. The number of thiophene rings is 1. The fourth-order valence-corrected chi connectivity index (χ4v) is 3.61. The van der Waals surface area contributed by atoms with E-state index in [1.807, 2.05) is 44.2 Å². The van der Waals surface area contributed by atoms with Crippen molar-refractivity contribution in [3.05, 3.63) is 40.8 Å². The fourth-order valence-electron chi connectivity index (χ4n) is 2.49. The van der Waals surface area contributed by atoms with Gasteiger partial charge in [-0.3, -0.25) is 4.79 Å². The molecule has 1 aliphatic rings. The van der Waals surface area contributed by atoms with Crippen LogP contribution < -0.4 is 10.1 Å². The predicted octanol–water partition coefficient (Wildman–Crippen LogP) is 3.85. The molecule has 0 aliphatic carbocycles. The number of carbonyl (C=O) groups is 1. The quantitative estimate of drug-likeness (QED) is 0.818. The molecule has 0 spiro atoms. The first kappa shape index (κ1) is 16.0. The third-order valence-electron chi connectivity index (χ3n) is 3.61. The minimum absolute atomic E-state index is 0.0218. The zero-order valence-corrected chi connectivity index (χ0v) is 14.2. The van der Waals surface area contributed by atoms with Gasteiger partial charge in [0.1, 0.15) is 12.4 Å². The van der Waals surface area contributed by atoms with Gasteiger partial charge in [0.05, 0.1) is 11.0 Å². The first-order valence-corrected chi connectivity index (χ1v) is 8.71. The highest BCUT2D eigenvalue weighted by Crippen LogP contribution is 2.42. The van der Waals surface area contributed by atoms with Gasteiger partial charge in [0.15, 0.2) is 0 Å². The van der Waals surface area contributed by atoms with E-state index in [1.165, 1.54) is 11.3 Å². The molecule has 0 saturated carbocycles. The van der Waals surface area contributed by atoms with Crippen molar-refractivity contribution in [1.82, 2.24) is 5.32 Å². The van der Waals surface area contributed by atoms with Gasteiger partial charge in [-0.25, -0.2) is 0 Å². The lowest BCUT2D eigenvalue weighted by Crippen LogP contribution is -2.24. The molecule has 122 valence electrons. The third-order valence-corrected chi connectivity index (χ3v) is 4.81. The smallest absolute Gasteiger partial charge is 0.261 e. The molecular weight excluding hydrogens is 310 g/mol. The standard InChI is InChI=1S/C18H21NO3S/c1-12(2)21-9-5-8-19-18(20)16-10-13-11-22-15-7-4-3-6-14(15)17(13)23-16/h3-4,6-7,10,12H,5,8-9,11H2,1-2H3,(H,19,20). The highest BCUT2D eigenvalue weighted by molar-refractivity contribution is 7.17. The Morgan fingerprint density at radius 2 is 2.22 bits per heavy atom. The first-order chi connectivity index (χ1) is 11.1. The van der Waals surface area contributed by atoms with Crippen molar-refractivity contribution in [2.24, 2.45) is 0 Å². The molecule has 0 bridgehead atoms. The molecule has 1 N–H and O–H groups in total. The molecule has 5 heteroatoms. The summed E-state index contributed by atoms with van der Waals surface area (Å²) in [6.45, 7) is 5.84. The Labute approximate surface area is 140 Å². The average Bonchev–Trinajstić information content (AvgIpc) is 2.99. The van der Waals surface area contributed by atoms with Gasteiger partial charge in [0, 0.05) is 29.2 Å². The van der Waals surface area contributed by atoms with E-state index in [2.05, 4.69) is 5.32 Å². The summed E-state index contributed by atoms with van der Waals surface area (Å²) in [7, 11) is 0. The van der Waals surface area contributed by atoms with Crippen LogP contribution in [0.15, 0.2) is 30.3 Å². The topological polar surface area (TPSA) is 47.6 Å². The van der Waals surface area contributed by atoms with Crippen LogP contribution in [-0.4, -0.2) is 25.2 Å². The summed E-state index contributed by atoms with van der Waals surface area (Å²) in [6, 6.07) is 9.90. The van der Waals surface area contributed by atoms with Crippen LogP contribution >= 0.6 is 11.3 Å². The molecule has 23 heavy (non-hydrogen) atoms. The van der Waals surface area contributed by atoms with Gasteiger partial charge in [-0.2, -0.15) is 0 Å². The predicted molar refractivity (Wildman–Crippen MR) is 92.1 cm³/mol. The SMILES string of the molecule is CC(C)OCCCNC(=O)c1cc2c(s1)-c1ccccc1OC2. The third kappa shape index (κ3) is 3.74. The van der Waals surface area contributed by atoms with Gasteiger partial charge >= 0.3 is 0 Å². The van der Waals surface area contributed by atoms with Gasteiger partial charge < -0.3 is 14.8 Å². The van der Waals surface area contributed by atoms with E-state index in [-0.39, 0.29) is 12.0 Å². The van der Waals surface area contributed by atoms with Gasteiger partial charge in [0.2, 0.25) is 0 Å². The number of para-hydroxylation sites is 1. The molecule has 1 aliphatic heterocycles. The van der Waals surface area contributed by atoms with Gasteiger partial charge in [0.25, 0.3) is 5.91 Å². The van der Waals surface area contributed by atoms with E-state index in [0.29, 0.717) is 19.8 Å². The lowest BCUT2D eigenvalue weighted by molar-refractivity contribution is 0.0757. The number of ether oxygens (including phenoxy) is 2. The largest absolute Gasteiger partial charge is 0.488 e. The molecule has 1 aromatic carbocycles. The van der Waals surface area contributed by atoms with Crippen LogP contribution in [0.5, 0.6) is 5.75 Å². The number of benzene rings is 1. The van der Waals surface area contributed by atoms with Crippen LogP contribution in [-0.2, 0) is 11.3 Å². The number of amides is 1. The Balaban J connectivity index is 1.62. The second kappa shape index (κ2) is 7.15. The summed E-state index contributed by atoms with van der Waals surface area (Å²) < 4.78 is 11.2. The maximum absolute atomic E-state index is 12.3. The summed E-state index contributed by atoms with van der Waals surface area (Å²) in [4.78, 5) is 14.2. The van der Waals surface area contributed by atoms with Crippen LogP contribution in [0, 0.1) is 0 Å². The Bertz CT molecular complexity index is 693. The number of hydrogen-bond donors (Lipinski definition) is 1. The summed E-state index contributed by atoms with van der Waals surface area (Å²) in [5.74, 6) is 0.867. The second-order valence-corrected chi connectivity index (χ2v) is 6.83. The first-order valence-electron chi connectivity index (χ1n) is 7.90. The molecule has 2 aromatic rings. The molecule has 0 unspecified atom stereocenters. The Morgan fingerprint density at radius 1 is 1.39 bits per heavy atom. The summed E-state index contributed by atoms with van der Waals surface area (Å²) in [5.41, 5.74) is 2.16. The van der Waals surface area contributed by atoms with E-state index in [9.17, 15) is 4.79 Å². The zero-order valence-electron chi connectivity index (χ0n) is 13.4. The molecular formula is C18H21NO3S. The molecule has 0 fully saturated rings. The van der Waals surface area contributed by atoms with Crippen LogP contribution in [0.3, 0.4) is 0 Å². The van der Waals surface area contributed by atoms with Crippen LogP contribution in [0.1, 0.15) is 35.5 Å². The molecule has 0 saturated heterocycles. The van der Waals surface area contributed by atoms with Crippen LogP contribution in [0.25, 0.3) is 10.4 Å². The Kier molecular flexibility index (Phi) is 4.98. The normalized spacial score (nSPS) is 12.5. The number of fused-ring (bicyclic) bond motifs is 3. The molecule has 4 nitrogen and oxygen atoms in total. The number of carbonyl (C=O) groups excluding carboxylic acids is 1. The molecule has 3 rings (SSSR count). The second-order valence-electron chi connectivity index (χ2n) is 5.78. The monoisotopic (exact) mass is 331 g/mol. The zero-order chi connectivity index (χ0) is 16.2. The molecule has 2 heterocycles. The van der Waals surface area contributed by atoms with Crippen LogP contribution in [0.4, 0.5) is 0 Å². The highest BCUT2D eigenvalue weighted by atomic mass is 32.1. The van der Waals surface area contributed by atoms with E-state index >= 15 is 0 Å². The van der Waals surface area contributed by atoms with Crippen molar-refractivity contribution in [3.63, 3.8) is 0 Å². The van der Waals surface area contributed by atoms with Crippen molar-refractivity contribution >= 4 is 17.2 Å². The van der Waals surface area contributed by atoms with E-state index in [4.69, 9.17) is 9.47 Å². The minimum Gasteiger partial charge on any atom is -0.488 e. The van der Waals surface area contributed by atoms with Gasteiger partial charge in [-0.15, -0.1) is 11.3 Å².